The van der Waals surface area contributed by atoms with Crippen LogP contribution in [0.2, 0.25) is 0 Å². The van der Waals surface area contributed by atoms with Crippen molar-refractivity contribution in [1.82, 2.24) is 14.1 Å². The molecule has 33 heavy (non-hydrogen) atoms. The van der Waals surface area contributed by atoms with Gasteiger partial charge in [0.25, 0.3) is 0 Å². The standard InChI is InChI=1S/C24H35N3O5S/c1-17-13-27(18(2)16-28)33(30,31)23-11-10-20(9-8-19-6-7-19)12-21(23)32-22(17)14-26(5)24(29)15-25(3)4/h10-12,17-19,22,28H,6-7,13-16H2,1-5H3/t17-,18-,22-/m1/s1. The van der Waals surface area contributed by atoms with Gasteiger partial charge < -0.3 is 19.6 Å². The van der Waals surface area contributed by atoms with E-state index < -0.39 is 22.2 Å². The molecule has 1 aliphatic heterocycles. The van der Waals surface area contributed by atoms with E-state index in [9.17, 15) is 18.3 Å². The monoisotopic (exact) mass is 477 g/mol. The zero-order valence-corrected chi connectivity index (χ0v) is 20.9. The van der Waals surface area contributed by atoms with Crippen molar-refractivity contribution < 1.29 is 23.1 Å². The van der Waals surface area contributed by atoms with Crippen molar-refractivity contribution in [2.45, 2.75) is 43.7 Å². The predicted octanol–water partition coefficient (Wildman–Crippen LogP) is 1.24. The van der Waals surface area contributed by atoms with Crippen LogP contribution in [0.25, 0.3) is 0 Å². The molecule has 0 unspecified atom stereocenters. The van der Waals surface area contributed by atoms with Gasteiger partial charge in [0.15, 0.2) is 0 Å². The molecule has 0 spiro atoms. The fraction of sp³-hybridized carbons (Fsp3) is 0.625. The van der Waals surface area contributed by atoms with E-state index in [0.717, 1.165) is 12.8 Å². The Kier molecular flexibility index (Phi) is 8.06. The second kappa shape index (κ2) is 10.4. The van der Waals surface area contributed by atoms with E-state index >= 15 is 0 Å². The number of carbonyl (C=O) groups is 1. The molecule has 0 radical (unpaired) electrons. The van der Waals surface area contributed by atoms with Crippen molar-refractivity contribution in [3.63, 3.8) is 0 Å². The number of hydrogen-bond donors (Lipinski definition) is 1. The van der Waals surface area contributed by atoms with Crippen LogP contribution in [0, 0.1) is 23.7 Å². The highest BCUT2D eigenvalue weighted by Gasteiger charge is 2.38. The highest BCUT2D eigenvalue weighted by atomic mass is 32.2. The van der Waals surface area contributed by atoms with Crippen LogP contribution in [0.3, 0.4) is 0 Å². The molecule has 0 bridgehead atoms. The predicted molar refractivity (Wildman–Crippen MR) is 126 cm³/mol. The molecule has 0 aromatic heterocycles. The number of hydrogen-bond acceptors (Lipinski definition) is 6. The molecular formula is C24H35N3O5S. The van der Waals surface area contributed by atoms with Crippen molar-refractivity contribution >= 4 is 15.9 Å². The molecule has 8 nitrogen and oxygen atoms in total. The lowest BCUT2D eigenvalue weighted by Crippen LogP contribution is -2.50. The zero-order valence-electron chi connectivity index (χ0n) is 20.1. The summed E-state index contributed by atoms with van der Waals surface area (Å²) in [6.07, 6.45) is 1.77. The third-order valence-corrected chi connectivity index (χ3v) is 8.02. The molecule has 1 heterocycles. The summed E-state index contributed by atoms with van der Waals surface area (Å²) in [6, 6.07) is 4.32. The Morgan fingerprint density at radius 2 is 2.00 bits per heavy atom. The number of fused-ring (bicyclic) bond motifs is 1. The Labute approximate surface area is 197 Å². The minimum absolute atomic E-state index is 0.0460. The third-order valence-electron chi connectivity index (χ3n) is 6.00. The first kappa shape index (κ1) is 25.5. The summed E-state index contributed by atoms with van der Waals surface area (Å²) in [4.78, 5) is 16.0. The first-order valence-corrected chi connectivity index (χ1v) is 12.8. The molecule has 1 aliphatic carbocycles. The van der Waals surface area contributed by atoms with Crippen molar-refractivity contribution in [2.75, 3.05) is 47.4 Å². The summed E-state index contributed by atoms with van der Waals surface area (Å²) in [7, 11) is 1.50. The first-order valence-electron chi connectivity index (χ1n) is 11.4. The molecule has 9 heteroatoms. The number of likely N-dealkylation sites (N-methyl/N-ethyl adjacent to an activating group) is 2. The van der Waals surface area contributed by atoms with Crippen LogP contribution in [0.1, 0.15) is 32.3 Å². The summed E-state index contributed by atoms with van der Waals surface area (Å²) in [6.45, 7) is 4.06. The molecule has 3 rings (SSSR count). The van der Waals surface area contributed by atoms with Crippen LogP contribution in [-0.4, -0.2) is 93.1 Å². The fourth-order valence-electron chi connectivity index (χ4n) is 3.70. The van der Waals surface area contributed by atoms with Crippen LogP contribution in [0.4, 0.5) is 0 Å². The second-order valence-electron chi connectivity index (χ2n) is 9.46. The van der Waals surface area contributed by atoms with Crippen molar-refractivity contribution in [2.24, 2.45) is 11.8 Å². The van der Waals surface area contributed by atoms with Crippen molar-refractivity contribution in [3.05, 3.63) is 23.8 Å². The Balaban J connectivity index is 1.99. The molecule has 182 valence electrons. The average Bonchev–Trinajstić information content (AvgIpc) is 3.58. The van der Waals surface area contributed by atoms with Crippen LogP contribution in [-0.2, 0) is 14.8 Å². The van der Waals surface area contributed by atoms with Gasteiger partial charge >= 0.3 is 0 Å². The lowest BCUT2D eigenvalue weighted by Gasteiger charge is -2.37. The van der Waals surface area contributed by atoms with Gasteiger partial charge in [-0.25, -0.2) is 8.42 Å². The quantitative estimate of drug-likeness (QED) is 0.620. The lowest BCUT2D eigenvalue weighted by molar-refractivity contribution is -0.132. The maximum Gasteiger partial charge on any atom is 0.247 e. The van der Waals surface area contributed by atoms with Crippen LogP contribution < -0.4 is 4.74 Å². The second-order valence-corrected chi connectivity index (χ2v) is 11.3. The van der Waals surface area contributed by atoms with Gasteiger partial charge in [0.05, 0.1) is 19.7 Å². The molecule has 1 aromatic rings. The molecule has 1 saturated carbocycles. The molecular weight excluding hydrogens is 442 g/mol. The highest BCUT2D eigenvalue weighted by molar-refractivity contribution is 7.89. The lowest BCUT2D eigenvalue weighted by atomic mass is 10.0. The number of nitrogens with zero attached hydrogens (tertiary/aromatic N) is 3. The van der Waals surface area contributed by atoms with Crippen LogP contribution in [0.15, 0.2) is 23.1 Å². The van der Waals surface area contributed by atoms with Crippen molar-refractivity contribution in [3.8, 4) is 17.6 Å². The van der Waals surface area contributed by atoms with Gasteiger partial charge in [-0.1, -0.05) is 18.8 Å². The summed E-state index contributed by atoms with van der Waals surface area (Å²) in [5, 5.41) is 9.74. The third kappa shape index (κ3) is 6.27. The van der Waals surface area contributed by atoms with E-state index in [1.807, 2.05) is 21.0 Å². The highest BCUT2D eigenvalue weighted by Crippen LogP contribution is 2.34. The summed E-state index contributed by atoms with van der Waals surface area (Å²) in [5.41, 5.74) is 0.696. The first-order chi connectivity index (χ1) is 15.5. The van der Waals surface area contributed by atoms with Crippen LogP contribution >= 0.6 is 0 Å². The Bertz CT molecular complexity index is 1030. The summed E-state index contributed by atoms with van der Waals surface area (Å²) >= 11 is 0. The van der Waals surface area contributed by atoms with Crippen molar-refractivity contribution in [1.29, 1.82) is 0 Å². The molecule has 1 N–H and O–H groups in total. The number of aliphatic hydroxyl groups excluding tert-OH is 1. The SMILES string of the molecule is C[C@@H]1CN([C@H](C)CO)S(=O)(=O)c2ccc(C#CC3CC3)cc2O[C@@H]1CN(C)C(=O)CN(C)C. The van der Waals surface area contributed by atoms with E-state index in [2.05, 4.69) is 11.8 Å². The smallest absolute Gasteiger partial charge is 0.247 e. The zero-order chi connectivity index (χ0) is 24.3. The number of amides is 1. The molecule has 2 aliphatic rings. The number of aliphatic hydroxyl groups is 1. The van der Waals surface area contributed by atoms with E-state index in [1.54, 1.807) is 35.9 Å². The summed E-state index contributed by atoms with van der Waals surface area (Å²) < 4.78 is 34.6. The largest absolute Gasteiger partial charge is 0.487 e. The van der Waals surface area contributed by atoms with Gasteiger partial charge in [-0.15, -0.1) is 0 Å². The van der Waals surface area contributed by atoms with E-state index in [-0.39, 0.29) is 42.2 Å². The Morgan fingerprint density at radius 3 is 2.61 bits per heavy atom. The van der Waals surface area contributed by atoms with Gasteiger partial charge in [-0.05, 0) is 52.1 Å². The normalized spacial score (nSPS) is 23.4. The molecule has 3 atom stereocenters. The number of rotatable bonds is 6. The maximum atomic E-state index is 13.5. The molecule has 1 aromatic carbocycles. The number of ether oxygens (including phenoxy) is 1. The van der Waals surface area contributed by atoms with Crippen LogP contribution in [0.5, 0.6) is 5.75 Å². The maximum absolute atomic E-state index is 13.5. The van der Waals surface area contributed by atoms with E-state index in [1.165, 1.54) is 10.4 Å². The topological polar surface area (TPSA) is 90.4 Å². The van der Waals surface area contributed by atoms with E-state index in [4.69, 9.17) is 4.74 Å². The number of benzene rings is 1. The minimum Gasteiger partial charge on any atom is -0.487 e. The number of sulfonamides is 1. The van der Waals surface area contributed by atoms with Gasteiger partial charge in [0.1, 0.15) is 16.7 Å². The molecule has 1 fully saturated rings. The molecule has 0 saturated heterocycles. The van der Waals surface area contributed by atoms with Gasteiger partial charge in [0.2, 0.25) is 15.9 Å². The van der Waals surface area contributed by atoms with Gasteiger partial charge in [-0.3, -0.25) is 4.79 Å². The van der Waals surface area contributed by atoms with E-state index in [0.29, 0.717) is 18.0 Å². The Morgan fingerprint density at radius 1 is 1.30 bits per heavy atom. The number of carbonyl (C=O) groups excluding carboxylic acids is 1. The average molecular weight is 478 g/mol. The van der Waals surface area contributed by atoms with Gasteiger partial charge in [0, 0.05) is 37.0 Å². The molecule has 1 amide bonds. The Hall–Kier alpha value is -2.12. The fourth-order valence-corrected chi connectivity index (χ4v) is 5.52. The summed E-state index contributed by atoms with van der Waals surface area (Å²) in [5.74, 6) is 6.70. The van der Waals surface area contributed by atoms with Gasteiger partial charge in [-0.2, -0.15) is 4.31 Å². The minimum atomic E-state index is -3.89.